The van der Waals surface area contributed by atoms with Crippen molar-refractivity contribution >= 4 is 27.8 Å². The number of nitrogen functional groups attached to an aromatic ring is 1. The fraction of sp³-hybridized carbons (Fsp3) is 0.0769. The first-order valence-corrected chi connectivity index (χ1v) is 7.26. The molecule has 5 heteroatoms. The highest BCUT2D eigenvalue weighted by Gasteiger charge is 2.12. The van der Waals surface area contributed by atoms with Gasteiger partial charge in [0, 0.05) is 34.1 Å². The first-order valence-electron chi connectivity index (χ1n) is 5.50. The molecular formula is C13H11N3S2. The maximum atomic E-state index is 5.83. The largest absolute Gasteiger partial charge is 0.375 e. The third-order valence-electron chi connectivity index (χ3n) is 2.58. The second-order valence-electron chi connectivity index (χ2n) is 3.83. The van der Waals surface area contributed by atoms with Gasteiger partial charge >= 0.3 is 0 Å². The van der Waals surface area contributed by atoms with Crippen molar-refractivity contribution in [1.82, 2.24) is 9.97 Å². The summed E-state index contributed by atoms with van der Waals surface area (Å²) in [4.78, 5) is 9.94. The van der Waals surface area contributed by atoms with Crippen LogP contribution < -0.4 is 5.73 Å². The molecule has 3 aromatic rings. The van der Waals surface area contributed by atoms with Gasteiger partial charge in [0.1, 0.15) is 0 Å². The molecule has 0 atom stereocenters. The Kier molecular flexibility index (Phi) is 3.08. The summed E-state index contributed by atoms with van der Waals surface area (Å²) in [6, 6.07) is 8.01. The van der Waals surface area contributed by atoms with Gasteiger partial charge in [0.15, 0.2) is 5.13 Å². The molecule has 3 nitrogen and oxygen atoms in total. The van der Waals surface area contributed by atoms with Gasteiger partial charge in [-0.3, -0.25) is 4.98 Å². The van der Waals surface area contributed by atoms with Gasteiger partial charge in [-0.15, -0.1) is 11.3 Å². The Bertz CT molecular complexity index is 630. The van der Waals surface area contributed by atoms with Crippen LogP contribution in [0.3, 0.4) is 0 Å². The number of anilines is 1. The van der Waals surface area contributed by atoms with Crippen molar-refractivity contribution in [3.05, 3.63) is 51.8 Å². The van der Waals surface area contributed by atoms with Crippen molar-refractivity contribution in [2.75, 3.05) is 5.73 Å². The monoisotopic (exact) mass is 273 g/mol. The van der Waals surface area contributed by atoms with E-state index >= 15 is 0 Å². The fourth-order valence-electron chi connectivity index (χ4n) is 1.78. The van der Waals surface area contributed by atoms with Crippen LogP contribution in [0.5, 0.6) is 0 Å². The summed E-state index contributed by atoms with van der Waals surface area (Å²) in [7, 11) is 0. The predicted molar refractivity (Wildman–Crippen MR) is 76.9 cm³/mol. The van der Waals surface area contributed by atoms with E-state index in [1.165, 1.54) is 16.2 Å². The molecule has 0 aliphatic rings. The first kappa shape index (κ1) is 11.4. The third-order valence-corrected chi connectivity index (χ3v) is 4.14. The van der Waals surface area contributed by atoms with Crippen LogP contribution in [0.15, 0.2) is 41.2 Å². The molecule has 3 rings (SSSR count). The van der Waals surface area contributed by atoms with E-state index in [1.54, 1.807) is 11.3 Å². The van der Waals surface area contributed by atoms with Crippen LogP contribution in [0, 0.1) is 0 Å². The molecule has 0 bridgehead atoms. The zero-order valence-corrected chi connectivity index (χ0v) is 11.2. The zero-order valence-electron chi connectivity index (χ0n) is 9.54. The van der Waals surface area contributed by atoms with Crippen LogP contribution >= 0.6 is 22.7 Å². The number of thiazole rings is 1. The lowest BCUT2D eigenvalue weighted by Gasteiger charge is -2.00. The van der Waals surface area contributed by atoms with Gasteiger partial charge in [0.25, 0.3) is 0 Å². The summed E-state index contributed by atoms with van der Waals surface area (Å²) in [6.07, 6.45) is 2.59. The Hall–Kier alpha value is -1.72. The number of rotatable bonds is 3. The van der Waals surface area contributed by atoms with E-state index in [1.807, 2.05) is 24.4 Å². The van der Waals surface area contributed by atoms with Crippen molar-refractivity contribution in [3.8, 4) is 11.3 Å². The molecule has 0 aliphatic carbocycles. The van der Waals surface area contributed by atoms with Gasteiger partial charge in [-0.1, -0.05) is 6.07 Å². The summed E-state index contributed by atoms with van der Waals surface area (Å²) in [5, 5.41) is 4.76. The summed E-state index contributed by atoms with van der Waals surface area (Å²) >= 11 is 3.21. The molecular weight excluding hydrogens is 262 g/mol. The molecule has 90 valence electrons. The van der Waals surface area contributed by atoms with Crippen molar-refractivity contribution < 1.29 is 0 Å². The van der Waals surface area contributed by atoms with Crippen LogP contribution in [0.25, 0.3) is 11.3 Å². The van der Waals surface area contributed by atoms with Gasteiger partial charge in [-0.25, -0.2) is 4.98 Å². The summed E-state index contributed by atoms with van der Waals surface area (Å²) in [5.74, 6) is 0. The van der Waals surface area contributed by atoms with E-state index in [2.05, 4.69) is 26.8 Å². The Morgan fingerprint density at radius 1 is 1.22 bits per heavy atom. The van der Waals surface area contributed by atoms with Gasteiger partial charge in [0.05, 0.1) is 5.69 Å². The molecule has 2 N–H and O–H groups in total. The normalized spacial score (nSPS) is 10.7. The van der Waals surface area contributed by atoms with Crippen molar-refractivity contribution in [1.29, 1.82) is 0 Å². The molecule has 0 amide bonds. The minimum atomic E-state index is 0.613. The lowest BCUT2D eigenvalue weighted by Crippen LogP contribution is -1.90. The number of thiophene rings is 1. The number of aromatic nitrogens is 2. The molecule has 3 aromatic heterocycles. The second-order valence-corrected chi connectivity index (χ2v) is 5.73. The molecule has 0 saturated carbocycles. The molecule has 0 saturated heterocycles. The second kappa shape index (κ2) is 4.88. The van der Waals surface area contributed by atoms with Gasteiger partial charge < -0.3 is 5.73 Å². The van der Waals surface area contributed by atoms with Crippen LogP contribution in [0.2, 0.25) is 0 Å². The summed E-state index contributed by atoms with van der Waals surface area (Å²) in [6.45, 7) is 0. The summed E-state index contributed by atoms with van der Waals surface area (Å²) < 4.78 is 0. The standard InChI is InChI=1S/C13H11N3S2/c14-13-16-12(9-4-6-17-8-9)11(18-13)7-10-3-1-2-5-15-10/h1-6,8H,7H2,(H2,14,16). The van der Waals surface area contributed by atoms with Crippen molar-refractivity contribution in [3.63, 3.8) is 0 Å². The van der Waals surface area contributed by atoms with Crippen LogP contribution in [-0.2, 0) is 6.42 Å². The lowest BCUT2D eigenvalue weighted by molar-refractivity contribution is 1.09. The maximum absolute atomic E-state index is 5.83. The number of nitrogens with zero attached hydrogens (tertiary/aromatic N) is 2. The predicted octanol–water partition coefficient (Wildman–Crippen LogP) is 3.44. The molecule has 18 heavy (non-hydrogen) atoms. The average molecular weight is 273 g/mol. The van der Waals surface area contributed by atoms with Crippen molar-refractivity contribution in [2.45, 2.75) is 6.42 Å². The number of nitrogens with two attached hydrogens (primary N) is 1. The minimum absolute atomic E-state index is 0.613. The van der Waals surface area contributed by atoms with Gasteiger partial charge in [-0.05, 0) is 23.6 Å². The van der Waals surface area contributed by atoms with Gasteiger partial charge in [0.2, 0.25) is 0 Å². The van der Waals surface area contributed by atoms with E-state index in [-0.39, 0.29) is 0 Å². The summed E-state index contributed by atoms with van der Waals surface area (Å²) in [5.41, 5.74) is 9.00. The van der Waals surface area contributed by atoms with Crippen molar-refractivity contribution in [2.24, 2.45) is 0 Å². The third kappa shape index (κ3) is 2.27. The molecule has 0 spiro atoms. The lowest BCUT2D eigenvalue weighted by atomic mass is 10.1. The topological polar surface area (TPSA) is 51.8 Å². The molecule has 0 unspecified atom stereocenters. The van der Waals surface area contributed by atoms with Gasteiger partial charge in [-0.2, -0.15) is 11.3 Å². The molecule has 0 aliphatic heterocycles. The fourth-order valence-corrected chi connectivity index (χ4v) is 3.29. The highest BCUT2D eigenvalue weighted by atomic mass is 32.1. The maximum Gasteiger partial charge on any atom is 0.180 e. The van der Waals surface area contributed by atoms with E-state index in [0.717, 1.165) is 23.4 Å². The molecule has 0 fully saturated rings. The van der Waals surface area contributed by atoms with Crippen LogP contribution in [0.1, 0.15) is 10.6 Å². The number of hydrogen-bond acceptors (Lipinski definition) is 5. The quantitative estimate of drug-likeness (QED) is 0.795. The average Bonchev–Trinajstić information content (AvgIpc) is 3.00. The van der Waals surface area contributed by atoms with E-state index in [0.29, 0.717) is 5.13 Å². The number of hydrogen-bond donors (Lipinski definition) is 1. The minimum Gasteiger partial charge on any atom is -0.375 e. The Morgan fingerprint density at radius 2 is 2.17 bits per heavy atom. The zero-order chi connectivity index (χ0) is 12.4. The smallest absolute Gasteiger partial charge is 0.180 e. The highest BCUT2D eigenvalue weighted by molar-refractivity contribution is 7.15. The van der Waals surface area contributed by atoms with E-state index < -0.39 is 0 Å². The van der Waals surface area contributed by atoms with Crippen LogP contribution in [0.4, 0.5) is 5.13 Å². The highest BCUT2D eigenvalue weighted by Crippen LogP contribution is 2.32. The Morgan fingerprint density at radius 3 is 2.89 bits per heavy atom. The molecule has 0 aromatic carbocycles. The first-order chi connectivity index (χ1) is 8.83. The number of pyridine rings is 1. The molecule has 3 heterocycles. The van der Waals surface area contributed by atoms with Crippen LogP contribution in [-0.4, -0.2) is 9.97 Å². The van der Waals surface area contributed by atoms with E-state index in [4.69, 9.17) is 5.73 Å². The SMILES string of the molecule is Nc1nc(-c2ccsc2)c(Cc2ccccn2)s1. The Balaban J connectivity index is 1.98. The molecule has 0 radical (unpaired) electrons. The Labute approximate surface area is 113 Å². The van der Waals surface area contributed by atoms with E-state index in [9.17, 15) is 0 Å².